The maximum Gasteiger partial charge on any atom is 0.347 e. The third-order valence-electron chi connectivity index (χ3n) is 10.8. The van der Waals surface area contributed by atoms with Gasteiger partial charge in [-0.05, 0) is 47.5 Å². The van der Waals surface area contributed by atoms with E-state index in [0.29, 0.717) is 28.1 Å². The Morgan fingerprint density at radius 1 is 0.927 bits per heavy atom. The zero-order chi connectivity index (χ0) is 39.3. The molecule has 55 heavy (non-hydrogen) atoms. The quantitative estimate of drug-likeness (QED) is 0.148. The van der Waals surface area contributed by atoms with Gasteiger partial charge in [0.15, 0.2) is 32.8 Å². The Balaban J connectivity index is 1.23. The molecule has 4 heterocycles. The zero-order valence-corrected chi connectivity index (χ0v) is 30.8. The van der Waals surface area contributed by atoms with Gasteiger partial charge in [0.25, 0.3) is 17.4 Å². The van der Waals surface area contributed by atoms with Crippen molar-refractivity contribution in [2.24, 2.45) is 7.05 Å². The van der Waals surface area contributed by atoms with Gasteiger partial charge in [0, 0.05) is 44.5 Å². The number of aromatic hydroxyl groups is 1. The van der Waals surface area contributed by atoms with E-state index in [0.717, 1.165) is 43.1 Å². The number of imide groups is 1. The summed E-state index contributed by atoms with van der Waals surface area (Å²) in [7, 11) is 4.47. The molecule has 284 valence electrons. The molecule has 0 spiro atoms. The number of allylic oxidation sites excluding steroid dienone is 2. The van der Waals surface area contributed by atoms with Crippen molar-refractivity contribution >= 4 is 51.7 Å². The number of anilines is 1. The topological polar surface area (TPSA) is 160 Å². The number of alkyl halides is 2. The molecule has 4 atom stereocenters. The molecule has 0 radical (unpaired) electrons. The second-order valence-corrected chi connectivity index (χ2v) is 14.8. The molecule has 1 saturated heterocycles. The number of aryl methyl sites for hydroxylation is 2. The number of hydrogen-bond donors (Lipinski definition) is 1. The van der Waals surface area contributed by atoms with Gasteiger partial charge in [0.1, 0.15) is 11.5 Å². The lowest BCUT2D eigenvalue weighted by Gasteiger charge is -2.49. The minimum absolute atomic E-state index is 0.0234. The first-order chi connectivity index (χ1) is 26.2. The lowest BCUT2D eigenvalue weighted by molar-refractivity contribution is -0.122. The number of phenols is 1. The van der Waals surface area contributed by atoms with Crippen LogP contribution in [0.3, 0.4) is 0 Å². The van der Waals surface area contributed by atoms with E-state index in [1.165, 1.54) is 37.0 Å². The number of hydrogen-bond acceptors (Lipinski definition) is 9. The normalized spacial score (nSPS) is 23.0. The average molecular weight is 796 g/mol. The number of amides is 2. The van der Waals surface area contributed by atoms with E-state index in [1.54, 1.807) is 25.3 Å². The SMILES string of the molecule is COc1cc2nc(CCn3c(=O)n4n(c3=O)C3CC5(Cl)C(=O)N(c6ccc(F)cc6)C(=O)C5(Cl)C(c5ccc(O)c(F)c5)C3=CC4)c(=O)n(C)c2cc1OC. The van der Waals surface area contributed by atoms with Crippen LogP contribution < -0.4 is 31.3 Å². The van der Waals surface area contributed by atoms with Crippen molar-refractivity contribution in [3.8, 4) is 17.2 Å². The molecule has 1 saturated carbocycles. The van der Waals surface area contributed by atoms with Crippen LogP contribution in [0.5, 0.6) is 17.2 Å². The maximum absolute atomic E-state index is 15.0. The van der Waals surface area contributed by atoms with Crippen molar-refractivity contribution < 1.29 is 33.0 Å². The Morgan fingerprint density at radius 2 is 1.62 bits per heavy atom. The summed E-state index contributed by atoms with van der Waals surface area (Å²) in [5.74, 6) is -4.88. The summed E-state index contributed by atoms with van der Waals surface area (Å²) < 4.78 is 44.2. The number of carbonyl (C=O) groups excluding carboxylic acids is 2. The molecule has 14 nitrogen and oxygen atoms in total. The largest absolute Gasteiger partial charge is 0.505 e. The van der Waals surface area contributed by atoms with Gasteiger partial charge in [-0.1, -0.05) is 12.1 Å². The van der Waals surface area contributed by atoms with Crippen molar-refractivity contribution in [1.29, 1.82) is 0 Å². The molecule has 4 unspecified atom stereocenters. The fourth-order valence-corrected chi connectivity index (χ4v) is 8.98. The zero-order valence-electron chi connectivity index (χ0n) is 29.3. The maximum atomic E-state index is 15.0. The van der Waals surface area contributed by atoms with Crippen molar-refractivity contribution in [2.75, 3.05) is 19.1 Å². The summed E-state index contributed by atoms with van der Waals surface area (Å²) in [4.78, 5) is 71.0. The minimum Gasteiger partial charge on any atom is -0.505 e. The van der Waals surface area contributed by atoms with E-state index in [2.05, 4.69) is 4.98 Å². The van der Waals surface area contributed by atoms with Crippen molar-refractivity contribution in [3.63, 3.8) is 0 Å². The van der Waals surface area contributed by atoms with Gasteiger partial charge < -0.3 is 19.1 Å². The lowest BCUT2D eigenvalue weighted by atomic mass is 9.64. The molecule has 8 rings (SSSR count). The molecule has 3 aromatic carbocycles. The summed E-state index contributed by atoms with van der Waals surface area (Å²) in [6, 6.07) is 9.92. The van der Waals surface area contributed by atoms with Crippen LogP contribution in [0.2, 0.25) is 0 Å². The second-order valence-electron chi connectivity index (χ2n) is 13.5. The number of rotatable bonds is 7. The van der Waals surface area contributed by atoms with Gasteiger partial charge in [-0.15, -0.1) is 23.2 Å². The Bertz CT molecular complexity index is 2710. The first kappa shape index (κ1) is 36.2. The van der Waals surface area contributed by atoms with Gasteiger partial charge in [-0.2, -0.15) is 0 Å². The number of nitrogens with zero attached hydrogens (tertiary/aromatic N) is 6. The molecule has 5 aromatic rings. The van der Waals surface area contributed by atoms with E-state index in [4.69, 9.17) is 32.7 Å². The van der Waals surface area contributed by atoms with Crippen LogP contribution in [0.1, 0.15) is 29.6 Å². The van der Waals surface area contributed by atoms with E-state index >= 15 is 0 Å². The molecule has 2 aliphatic heterocycles. The van der Waals surface area contributed by atoms with Gasteiger partial charge in [-0.3, -0.25) is 14.4 Å². The van der Waals surface area contributed by atoms with Crippen molar-refractivity contribution in [3.05, 3.63) is 120 Å². The first-order valence-corrected chi connectivity index (χ1v) is 17.7. The fraction of sp³-hybridized carbons (Fsp3) is 0.297. The number of carbonyl (C=O) groups is 2. The molecule has 1 aliphatic carbocycles. The van der Waals surface area contributed by atoms with E-state index in [9.17, 15) is 37.9 Å². The molecule has 1 N–H and O–H groups in total. The highest BCUT2D eigenvalue weighted by molar-refractivity contribution is 6.58. The third kappa shape index (κ3) is 5.03. The fourth-order valence-electron chi connectivity index (χ4n) is 8.07. The summed E-state index contributed by atoms with van der Waals surface area (Å²) in [5, 5.41) is 10.0. The van der Waals surface area contributed by atoms with Gasteiger partial charge >= 0.3 is 11.4 Å². The molecular weight excluding hydrogens is 765 g/mol. The summed E-state index contributed by atoms with van der Waals surface area (Å²) in [6.45, 7) is -0.449. The minimum atomic E-state index is -2.31. The van der Waals surface area contributed by atoms with E-state index in [1.807, 2.05) is 0 Å². The average Bonchev–Trinajstić information content (AvgIpc) is 3.50. The Kier molecular flexibility index (Phi) is 8.35. The molecule has 2 aromatic heterocycles. The highest BCUT2D eigenvalue weighted by Gasteiger charge is 2.75. The molecule has 3 aliphatic rings. The van der Waals surface area contributed by atoms with Crippen LogP contribution in [0.25, 0.3) is 11.0 Å². The van der Waals surface area contributed by atoms with E-state index in [-0.39, 0.29) is 36.5 Å². The Labute approximate surface area is 318 Å². The van der Waals surface area contributed by atoms with Crippen LogP contribution in [-0.4, -0.2) is 64.4 Å². The molecule has 2 fully saturated rings. The van der Waals surface area contributed by atoms with Crippen LogP contribution in [-0.2, 0) is 36.1 Å². The summed E-state index contributed by atoms with van der Waals surface area (Å²) in [5.41, 5.74) is -0.735. The third-order valence-corrected chi connectivity index (χ3v) is 12.2. The number of methoxy groups -OCH3 is 2. The van der Waals surface area contributed by atoms with Crippen LogP contribution in [0.4, 0.5) is 14.5 Å². The standard InChI is InChI=1S/C37H30Cl2F2N6O8/c1-43-25-16-29(55-3)28(54-2)15-24(25)42-23(31(43)49)11-12-44-34(52)45-13-10-21-26(47(45)35(44)53)17-36(38)32(50)46(20-7-5-19(40)6-8-20)33(51)37(36,39)30(21)18-4-9-27(48)22(41)14-18/h4-10,14-16,26,30,48H,11-13,17H2,1-3H3. The number of ether oxygens (including phenoxy) is 2. The van der Waals surface area contributed by atoms with E-state index < -0.39 is 74.3 Å². The second kappa shape index (κ2) is 12.7. The Morgan fingerprint density at radius 3 is 2.29 bits per heavy atom. The summed E-state index contributed by atoms with van der Waals surface area (Å²) in [6.07, 6.45) is 0.997. The van der Waals surface area contributed by atoms with Crippen molar-refractivity contribution in [2.45, 2.75) is 47.6 Å². The number of aromatic nitrogens is 5. The van der Waals surface area contributed by atoms with Crippen LogP contribution >= 0.6 is 23.2 Å². The van der Waals surface area contributed by atoms with Crippen LogP contribution in [0, 0.1) is 11.6 Å². The molecular formula is C37H30Cl2F2N6O8. The number of benzene rings is 3. The van der Waals surface area contributed by atoms with Crippen LogP contribution in [0.15, 0.2) is 80.6 Å². The monoisotopic (exact) mass is 794 g/mol. The number of phenolic OH excluding ortho intramolecular Hbond substituents is 1. The van der Waals surface area contributed by atoms with Crippen molar-refractivity contribution in [1.82, 2.24) is 23.5 Å². The smallest absolute Gasteiger partial charge is 0.347 e. The van der Waals surface area contributed by atoms with Gasteiger partial charge in [0.05, 0.1) is 43.5 Å². The number of halogens is 4. The molecule has 18 heteroatoms. The lowest BCUT2D eigenvalue weighted by Crippen LogP contribution is -2.59. The Hall–Kier alpha value is -5.74. The predicted octanol–water partition coefficient (Wildman–Crippen LogP) is 3.50. The summed E-state index contributed by atoms with van der Waals surface area (Å²) >= 11 is 14.6. The first-order valence-electron chi connectivity index (χ1n) is 16.9. The predicted molar refractivity (Wildman–Crippen MR) is 195 cm³/mol. The number of fused-ring (bicyclic) bond motifs is 5. The molecule has 2 amide bonds. The highest BCUT2D eigenvalue weighted by atomic mass is 35.5. The van der Waals surface area contributed by atoms with Gasteiger partial charge in [-0.25, -0.2) is 42.2 Å². The van der Waals surface area contributed by atoms with Gasteiger partial charge in [0.2, 0.25) is 0 Å². The molecule has 0 bridgehead atoms. The highest BCUT2D eigenvalue weighted by Crippen LogP contribution is 2.64.